The lowest BCUT2D eigenvalue weighted by Gasteiger charge is -2.04. The van der Waals surface area contributed by atoms with Gasteiger partial charge >= 0.3 is 5.97 Å². The van der Waals surface area contributed by atoms with Gasteiger partial charge in [-0.1, -0.05) is 49.7 Å². The minimum Gasteiger partial charge on any atom is -0.400 e. The first-order chi connectivity index (χ1) is 11.0. The molecule has 5 heteroatoms. The summed E-state index contributed by atoms with van der Waals surface area (Å²) in [6.07, 6.45) is 3.24. The Morgan fingerprint density at radius 3 is 2.57 bits per heavy atom. The second-order valence-electron chi connectivity index (χ2n) is 5.52. The van der Waals surface area contributed by atoms with E-state index in [1.54, 1.807) is 24.4 Å². The van der Waals surface area contributed by atoms with E-state index >= 15 is 0 Å². The highest BCUT2D eigenvalue weighted by Crippen LogP contribution is 2.21. The van der Waals surface area contributed by atoms with Crippen LogP contribution in [0.15, 0.2) is 53.3 Å². The molecule has 0 unspecified atom stereocenters. The minimum atomic E-state index is -0.491. The predicted octanol–water partition coefficient (Wildman–Crippen LogP) is 4.20. The Labute approximate surface area is 139 Å². The molecule has 0 radical (unpaired) electrons. The van der Waals surface area contributed by atoms with Crippen molar-refractivity contribution in [3.05, 3.63) is 70.1 Å². The Morgan fingerprint density at radius 1 is 1.17 bits per heavy atom. The van der Waals surface area contributed by atoms with Crippen LogP contribution < -0.4 is 0 Å². The number of nitrogens with zero attached hydrogens (tertiary/aromatic N) is 2. The van der Waals surface area contributed by atoms with Crippen molar-refractivity contribution in [2.75, 3.05) is 0 Å². The normalized spacial score (nSPS) is 15.9. The zero-order valence-electron chi connectivity index (χ0n) is 12.8. The number of aliphatic imine (C=N–C) groups is 1. The van der Waals surface area contributed by atoms with Crippen molar-refractivity contribution in [1.82, 2.24) is 4.98 Å². The van der Waals surface area contributed by atoms with Crippen molar-refractivity contribution in [3.63, 3.8) is 0 Å². The van der Waals surface area contributed by atoms with E-state index in [0.717, 1.165) is 5.56 Å². The van der Waals surface area contributed by atoms with Gasteiger partial charge in [0.15, 0.2) is 5.70 Å². The molecule has 0 N–H and O–H groups in total. The van der Waals surface area contributed by atoms with Gasteiger partial charge in [0.2, 0.25) is 5.90 Å². The number of benzene rings is 1. The standard InChI is InChI=1S/C18H15ClN2O2/c1-11(2)13-5-3-12(4-6-13)9-16-18(22)23-17(21-16)15-10-14(19)7-8-20-15/h3-11H,1-2H3/b16-9-. The van der Waals surface area contributed by atoms with Gasteiger partial charge in [0.05, 0.1) is 0 Å². The molecule has 23 heavy (non-hydrogen) atoms. The third kappa shape index (κ3) is 3.48. The highest BCUT2D eigenvalue weighted by Gasteiger charge is 2.25. The number of hydrogen-bond donors (Lipinski definition) is 0. The molecular formula is C18H15ClN2O2. The number of aromatic nitrogens is 1. The lowest BCUT2D eigenvalue weighted by atomic mass is 10.0. The molecule has 1 aliphatic rings. The number of cyclic esters (lactones) is 1. The Bertz CT molecular complexity index is 808. The van der Waals surface area contributed by atoms with E-state index in [9.17, 15) is 4.79 Å². The average molecular weight is 327 g/mol. The first-order valence-electron chi connectivity index (χ1n) is 7.27. The van der Waals surface area contributed by atoms with Crippen LogP contribution >= 0.6 is 11.6 Å². The van der Waals surface area contributed by atoms with Gasteiger partial charge < -0.3 is 4.74 Å². The fourth-order valence-corrected chi connectivity index (χ4v) is 2.34. The van der Waals surface area contributed by atoms with Gasteiger partial charge in [-0.15, -0.1) is 0 Å². The topological polar surface area (TPSA) is 51.6 Å². The van der Waals surface area contributed by atoms with Crippen LogP contribution in [0.3, 0.4) is 0 Å². The van der Waals surface area contributed by atoms with Crippen molar-refractivity contribution >= 4 is 29.5 Å². The van der Waals surface area contributed by atoms with E-state index in [1.165, 1.54) is 5.56 Å². The van der Waals surface area contributed by atoms with E-state index in [1.807, 2.05) is 24.3 Å². The van der Waals surface area contributed by atoms with Gasteiger partial charge in [-0.2, -0.15) is 0 Å². The molecule has 4 nitrogen and oxygen atoms in total. The minimum absolute atomic E-state index is 0.169. The Balaban J connectivity index is 1.88. The first kappa shape index (κ1) is 15.4. The molecule has 116 valence electrons. The molecule has 0 amide bonds. The summed E-state index contributed by atoms with van der Waals surface area (Å²) >= 11 is 5.92. The highest BCUT2D eigenvalue weighted by atomic mass is 35.5. The molecule has 0 fully saturated rings. The Kier molecular flexibility index (Phi) is 4.26. The van der Waals surface area contributed by atoms with Gasteiger partial charge in [-0.3, -0.25) is 4.98 Å². The number of ether oxygens (including phenoxy) is 1. The molecule has 1 aromatic heterocycles. The second-order valence-corrected chi connectivity index (χ2v) is 5.95. The summed E-state index contributed by atoms with van der Waals surface area (Å²) in [5.41, 5.74) is 2.82. The zero-order chi connectivity index (χ0) is 16.4. The Morgan fingerprint density at radius 2 is 1.91 bits per heavy atom. The van der Waals surface area contributed by atoms with Gasteiger partial charge in [0.25, 0.3) is 0 Å². The average Bonchev–Trinajstić information content (AvgIpc) is 2.89. The number of carbonyl (C=O) groups is 1. The van der Waals surface area contributed by atoms with E-state index in [0.29, 0.717) is 16.6 Å². The maximum atomic E-state index is 12.0. The third-order valence-corrected chi connectivity index (χ3v) is 3.70. The SMILES string of the molecule is CC(C)c1ccc(/C=C2\N=C(c3cc(Cl)ccn3)OC2=O)cc1. The number of halogens is 1. The van der Waals surface area contributed by atoms with Crippen LogP contribution in [-0.4, -0.2) is 16.9 Å². The van der Waals surface area contributed by atoms with Gasteiger partial charge in [0.1, 0.15) is 5.69 Å². The molecule has 1 aliphatic heterocycles. The summed E-state index contributed by atoms with van der Waals surface area (Å²) in [7, 11) is 0. The van der Waals surface area contributed by atoms with E-state index in [-0.39, 0.29) is 11.6 Å². The molecule has 0 aliphatic carbocycles. The summed E-state index contributed by atoms with van der Waals surface area (Å²) < 4.78 is 5.17. The second kappa shape index (κ2) is 6.34. The van der Waals surface area contributed by atoms with E-state index in [4.69, 9.17) is 16.3 Å². The maximum absolute atomic E-state index is 12.0. The van der Waals surface area contributed by atoms with E-state index < -0.39 is 5.97 Å². The molecule has 3 rings (SSSR count). The van der Waals surface area contributed by atoms with Crippen LogP contribution in [0.25, 0.3) is 6.08 Å². The summed E-state index contributed by atoms with van der Waals surface area (Å²) in [4.78, 5) is 20.3. The van der Waals surface area contributed by atoms with Crippen LogP contribution in [0, 0.1) is 0 Å². The monoisotopic (exact) mass is 326 g/mol. The molecule has 1 aromatic carbocycles. The highest BCUT2D eigenvalue weighted by molar-refractivity contribution is 6.31. The van der Waals surface area contributed by atoms with Crippen LogP contribution in [0.2, 0.25) is 5.02 Å². The molecule has 0 saturated heterocycles. The number of rotatable bonds is 3. The summed E-state index contributed by atoms with van der Waals surface area (Å²) in [6, 6.07) is 11.3. The molecule has 2 heterocycles. The number of hydrogen-bond acceptors (Lipinski definition) is 4. The van der Waals surface area contributed by atoms with Crippen LogP contribution in [-0.2, 0) is 9.53 Å². The van der Waals surface area contributed by atoms with Crippen LogP contribution in [0.4, 0.5) is 0 Å². The predicted molar refractivity (Wildman–Crippen MR) is 90.4 cm³/mol. The summed E-state index contributed by atoms with van der Waals surface area (Å²) in [6.45, 7) is 4.27. The van der Waals surface area contributed by atoms with Crippen molar-refractivity contribution in [3.8, 4) is 0 Å². The third-order valence-electron chi connectivity index (χ3n) is 3.47. The van der Waals surface area contributed by atoms with Crippen molar-refractivity contribution in [2.45, 2.75) is 19.8 Å². The van der Waals surface area contributed by atoms with Crippen LogP contribution in [0.5, 0.6) is 0 Å². The number of esters is 1. The number of carbonyl (C=O) groups excluding carboxylic acids is 1. The zero-order valence-corrected chi connectivity index (χ0v) is 13.5. The van der Waals surface area contributed by atoms with Crippen molar-refractivity contribution in [2.24, 2.45) is 4.99 Å². The molecule has 2 aromatic rings. The Hall–Kier alpha value is -2.46. The van der Waals surface area contributed by atoms with Crippen LogP contribution in [0.1, 0.15) is 36.6 Å². The lowest BCUT2D eigenvalue weighted by molar-refractivity contribution is -0.129. The molecule has 0 atom stereocenters. The van der Waals surface area contributed by atoms with E-state index in [2.05, 4.69) is 23.8 Å². The maximum Gasteiger partial charge on any atom is 0.363 e. The molecule has 0 saturated carbocycles. The number of pyridine rings is 1. The summed E-state index contributed by atoms with van der Waals surface area (Å²) in [5.74, 6) is 0.143. The molecule has 0 bridgehead atoms. The van der Waals surface area contributed by atoms with Gasteiger partial charge in [-0.25, -0.2) is 9.79 Å². The quantitative estimate of drug-likeness (QED) is 0.627. The van der Waals surface area contributed by atoms with Gasteiger partial charge in [-0.05, 0) is 35.3 Å². The fourth-order valence-electron chi connectivity index (χ4n) is 2.18. The summed E-state index contributed by atoms with van der Waals surface area (Å²) in [5, 5.41) is 0.510. The van der Waals surface area contributed by atoms with Crippen molar-refractivity contribution < 1.29 is 9.53 Å². The molecule has 0 spiro atoms. The van der Waals surface area contributed by atoms with Crippen molar-refractivity contribution in [1.29, 1.82) is 0 Å². The molecular weight excluding hydrogens is 312 g/mol. The smallest absolute Gasteiger partial charge is 0.363 e. The van der Waals surface area contributed by atoms with Gasteiger partial charge in [0, 0.05) is 11.2 Å². The lowest BCUT2D eigenvalue weighted by Crippen LogP contribution is -2.06. The first-order valence-corrected chi connectivity index (χ1v) is 7.65. The fraction of sp³-hybridized carbons (Fsp3) is 0.167. The largest absolute Gasteiger partial charge is 0.400 e.